The predicted molar refractivity (Wildman–Crippen MR) is 62.6 cm³/mol. The second kappa shape index (κ2) is 8.49. The Hall–Kier alpha value is -1.59. The monoisotopic (exact) mass is 260 g/mol. The lowest BCUT2D eigenvalue weighted by Crippen LogP contribution is -2.30. The van der Waals surface area contributed by atoms with Crippen molar-refractivity contribution in [1.82, 2.24) is 0 Å². The topological polar surface area (TPSA) is 78.9 Å². The van der Waals surface area contributed by atoms with Gasteiger partial charge in [0.15, 0.2) is 6.10 Å². The molecule has 0 saturated heterocycles. The largest absolute Gasteiger partial charge is 0.462 e. The summed E-state index contributed by atoms with van der Waals surface area (Å²) in [6, 6.07) is 0. The maximum atomic E-state index is 11.4. The van der Waals surface area contributed by atoms with Crippen molar-refractivity contribution in [2.45, 2.75) is 40.2 Å². The summed E-state index contributed by atoms with van der Waals surface area (Å²) < 4.78 is 14.6. The minimum absolute atomic E-state index is 0.115. The molecular formula is C12H20O6. The first-order valence-corrected chi connectivity index (χ1v) is 5.84. The molecular weight excluding hydrogens is 240 g/mol. The maximum Gasteiger partial charge on any atom is 0.308 e. The van der Waals surface area contributed by atoms with Gasteiger partial charge in [-0.15, -0.1) is 0 Å². The van der Waals surface area contributed by atoms with Gasteiger partial charge in [-0.2, -0.15) is 0 Å². The van der Waals surface area contributed by atoms with E-state index in [2.05, 4.69) is 0 Å². The van der Waals surface area contributed by atoms with Gasteiger partial charge in [0.05, 0.1) is 5.92 Å². The van der Waals surface area contributed by atoms with E-state index in [0.717, 1.165) is 0 Å². The molecule has 0 aliphatic heterocycles. The van der Waals surface area contributed by atoms with Gasteiger partial charge in [0.2, 0.25) is 0 Å². The van der Waals surface area contributed by atoms with Crippen LogP contribution in [0.15, 0.2) is 0 Å². The van der Waals surface area contributed by atoms with Gasteiger partial charge >= 0.3 is 17.9 Å². The number of carbonyl (C=O) groups is 3. The average Bonchev–Trinajstić information content (AvgIpc) is 2.30. The van der Waals surface area contributed by atoms with Crippen LogP contribution in [0.5, 0.6) is 0 Å². The highest BCUT2D eigenvalue weighted by molar-refractivity contribution is 5.72. The Morgan fingerprint density at radius 3 is 2.00 bits per heavy atom. The van der Waals surface area contributed by atoms with Crippen LogP contribution in [0.4, 0.5) is 0 Å². The van der Waals surface area contributed by atoms with Gasteiger partial charge in [0.25, 0.3) is 0 Å². The van der Waals surface area contributed by atoms with Gasteiger partial charge in [-0.1, -0.05) is 13.8 Å². The third kappa shape index (κ3) is 7.65. The lowest BCUT2D eigenvalue weighted by molar-refractivity contribution is -0.166. The number of hydrogen-bond donors (Lipinski definition) is 0. The van der Waals surface area contributed by atoms with Crippen LogP contribution in [-0.2, 0) is 28.6 Å². The Morgan fingerprint density at radius 2 is 1.56 bits per heavy atom. The van der Waals surface area contributed by atoms with E-state index in [-0.39, 0.29) is 25.1 Å². The van der Waals surface area contributed by atoms with E-state index in [0.29, 0.717) is 6.42 Å². The van der Waals surface area contributed by atoms with Crippen LogP contribution in [0.1, 0.15) is 34.1 Å². The van der Waals surface area contributed by atoms with Crippen molar-refractivity contribution in [3.63, 3.8) is 0 Å². The van der Waals surface area contributed by atoms with E-state index in [4.69, 9.17) is 14.2 Å². The predicted octanol–water partition coefficient (Wildman–Crippen LogP) is 1.07. The molecule has 0 aromatic carbocycles. The second-order valence-electron chi connectivity index (χ2n) is 3.97. The van der Waals surface area contributed by atoms with E-state index < -0.39 is 18.0 Å². The standard InChI is InChI=1S/C12H20O6/c1-5-8(2)12(15)17-7-11(18-10(4)14)6-16-9(3)13/h8,11H,5-7H2,1-4H3. The lowest BCUT2D eigenvalue weighted by Gasteiger charge is -2.17. The van der Waals surface area contributed by atoms with E-state index >= 15 is 0 Å². The maximum absolute atomic E-state index is 11.4. The van der Waals surface area contributed by atoms with Crippen molar-refractivity contribution in [1.29, 1.82) is 0 Å². The van der Waals surface area contributed by atoms with Gasteiger partial charge in [-0.25, -0.2) is 0 Å². The molecule has 6 nitrogen and oxygen atoms in total. The quantitative estimate of drug-likeness (QED) is 0.503. The SMILES string of the molecule is CCC(C)C(=O)OCC(COC(C)=O)OC(C)=O. The molecule has 0 spiro atoms. The van der Waals surface area contributed by atoms with Crippen LogP contribution in [0.3, 0.4) is 0 Å². The Morgan fingerprint density at radius 1 is 1.00 bits per heavy atom. The molecule has 0 amide bonds. The summed E-state index contributed by atoms with van der Waals surface area (Å²) in [7, 11) is 0. The fourth-order valence-electron chi connectivity index (χ4n) is 1.05. The fraction of sp³-hybridized carbons (Fsp3) is 0.750. The summed E-state index contributed by atoms with van der Waals surface area (Å²) in [5.41, 5.74) is 0. The first kappa shape index (κ1) is 16.4. The van der Waals surface area contributed by atoms with Crippen LogP contribution in [0.2, 0.25) is 0 Å². The smallest absolute Gasteiger partial charge is 0.308 e. The molecule has 0 N–H and O–H groups in total. The highest BCUT2D eigenvalue weighted by atomic mass is 16.6. The van der Waals surface area contributed by atoms with Crippen LogP contribution < -0.4 is 0 Å². The van der Waals surface area contributed by atoms with Crippen molar-refractivity contribution in [3.05, 3.63) is 0 Å². The van der Waals surface area contributed by atoms with Gasteiger partial charge in [0.1, 0.15) is 13.2 Å². The molecule has 104 valence electrons. The highest BCUT2D eigenvalue weighted by Gasteiger charge is 2.19. The minimum Gasteiger partial charge on any atom is -0.462 e. The molecule has 0 fully saturated rings. The number of rotatable bonds is 7. The Balaban J connectivity index is 4.18. The first-order chi connectivity index (χ1) is 8.36. The summed E-state index contributed by atoms with van der Waals surface area (Å²) in [6.45, 7) is 5.86. The zero-order chi connectivity index (χ0) is 14.1. The van der Waals surface area contributed by atoms with Gasteiger partial charge in [0, 0.05) is 13.8 Å². The van der Waals surface area contributed by atoms with Crippen molar-refractivity contribution in [2.75, 3.05) is 13.2 Å². The lowest BCUT2D eigenvalue weighted by atomic mass is 10.1. The normalized spacial score (nSPS) is 13.3. The van der Waals surface area contributed by atoms with E-state index in [9.17, 15) is 14.4 Å². The fourth-order valence-corrected chi connectivity index (χ4v) is 1.05. The van der Waals surface area contributed by atoms with Gasteiger partial charge in [-0.05, 0) is 6.42 Å². The van der Waals surface area contributed by atoms with E-state index in [1.807, 2.05) is 6.92 Å². The molecule has 0 aromatic rings. The summed E-state index contributed by atoms with van der Waals surface area (Å²) in [4.78, 5) is 32.9. The summed E-state index contributed by atoms with van der Waals surface area (Å²) in [6.07, 6.45) is -0.0968. The minimum atomic E-state index is -0.764. The van der Waals surface area contributed by atoms with Crippen molar-refractivity contribution in [2.24, 2.45) is 5.92 Å². The van der Waals surface area contributed by atoms with Crippen LogP contribution in [0.25, 0.3) is 0 Å². The van der Waals surface area contributed by atoms with Crippen molar-refractivity contribution >= 4 is 17.9 Å². The Labute approximate surface area is 107 Å². The zero-order valence-electron chi connectivity index (χ0n) is 11.2. The third-order valence-corrected chi connectivity index (χ3v) is 2.23. The summed E-state index contributed by atoms with van der Waals surface area (Å²) in [5.74, 6) is -1.58. The van der Waals surface area contributed by atoms with Crippen molar-refractivity contribution < 1.29 is 28.6 Å². The number of hydrogen-bond acceptors (Lipinski definition) is 6. The number of ether oxygens (including phenoxy) is 3. The number of carbonyl (C=O) groups excluding carboxylic acids is 3. The average molecular weight is 260 g/mol. The molecule has 0 radical (unpaired) electrons. The molecule has 0 saturated carbocycles. The van der Waals surface area contributed by atoms with Crippen LogP contribution in [0, 0.1) is 5.92 Å². The summed E-state index contributed by atoms with van der Waals surface area (Å²) in [5, 5.41) is 0. The van der Waals surface area contributed by atoms with Crippen LogP contribution in [-0.4, -0.2) is 37.2 Å². The van der Waals surface area contributed by atoms with E-state index in [1.54, 1.807) is 6.92 Å². The second-order valence-corrected chi connectivity index (χ2v) is 3.97. The molecule has 0 aliphatic carbocycles. The number of esters is 3. The molecule has 2 atom stereocenters. The molecule has 0 heterocycles. The molecule has 18 heavy (non-hydrogen) atoms. The zero-order valence-corrected chi connectivity index (χ0v) is 11.2. The molecule has 0 aromatic heterocycles. The van der Waals surface area contributed by atoms with Gasteiger partial charge in [-0.3, -0.25) is 14.4 Å². The van der Waals surface area contributed by atoms with Crippen LogP contribution >= 0.6 is 0 Å². The third-order valence-electron chi connectivity index (χ3n) is 2.23. The highest BCUT2D eigenvalue weighted by Crippen LogP contribution is 2.05. The van der Waals surface area contributed by atoms with Gasteiger partial charge < -0.3 is 14.2 Å². The molecule has 2 unspecified atom stereocenters. The first-order valence-electron chi connectivity index (χ1n) is 5.84. The molecule has 0 rings (SSSR count). The Bertz CT molecular complexity index is 299. The molecule has 6 heteroatoms. The summed E-state index contributed by atoms with van der Waals surface area (Å²) >= 11 is 0. The Kier molecular flexibility index (Phi) is 7.74. The van der Waals surface area contributed by atoms with Crippen molar-refractivity contribution in [3.8, 4) is 0 Å². The molecule has 0 bridgehead atoms. The van der Waals surface area contributed by atoms with E-state index in [1.165, 1.54) is 13.8 Å². The molecule has 0 aliphatic rings.